The highest BCUT2D eigenvalue weighted by molar-refractivity contribution is 14.1. The van der Waals surface area contributed by atoms with Crippen molar-refractivity contribution in [2.24, 2.45) is 0 Å². The summed E-state index contributed by atoms with van der Waals surface area (Å²) in [6, 6.07) is 25.5. The van der Waals surface area contributed by atoms with Crippen LogP contribution < -0.4 is 4.90 Å². The Hall–Kier alpha value is -2.48. The fraction of sp³-hybridized carbons (Fsp3) is 0. The van der Waals surface area contributed by atoms with Crippen molar-refractivity contribution in [3.8, 4) is 0 Å². The van der Waals surface area contributed by atoms with Gasteiger partial charge in [0.2, 0.25) is 11.5 Å². The van der Waals surface area contributed by atoms with Crippen LogP contribution in [-0.4, -0.2) is 11.8 Å². The number of hydrogen-bond donors (Lipinski definition) is 0. The van der Waals surface area contributed by atoms with E-state index in [1.807, 2.05) is 66.7 Å². The number of fused-ring (bicyclic) bond motifs is 8. The first kappa shape index (κ1) is 25.5. The van der Waals surface area contributed by atoms with Crippen molar-refractivity contribution in [2.45, 2.75) is 0 Å². The number of imide groups is 1. The zero-order valence-electron chi connectivity index (χ0n) is 19.6. The summed E-state index contributed by atoms with van der Waals surface area (Å²) >= 11 is 11.4. The van der Waals surface area contributed by atoms with E-state index in [4.69, 9.17) is 8.83 Å². The molecule has 1 aromatic heterocycles. The molecule has 0 aliphatic carbocycles. The van der Waals surface area contributed by atoms with Crippen molar-refractivity contribution in [2.75, 3.05) is 4.90 Å². The van der Waals surface area contributed by atoms with Crippen LogP contribution in [0.3, 0.4) is 0 Å². The minimum atomic E-state index is -0.600. The Morgan fingerprint density at radius 2 is 1.05 bits per heavy atom. The molecule has 1 aliphatic heterocycles. The van der Waals surface area contributed by atoms with E-state index >= 15 is 0 Å². The van der Waals surface area contributed by atoms with Crippen LogP contribution in [0.25, 0.3) is 43.5 Å². The van der Waals surface area contributed by atoms with Gasteiger partial charge < -0.3 is 8.83 Å². The fourth-order valence-corrected chi connectivity index (χ4v) is 7.85. The van der Waals surface area contributed by atoms with Gasteiger partial charge in [-0.1, -0.05) is 54.6 Å². The number of carbonyl (C=O) groups excluding carboxylic acids is 2. The summed E-state index contributed by atoms with van der Waals surface area (Å²) < 4.78 is 15.7. The molecule has 0 radical (unpaired) electrons. The summed E-state index contributed by atoms with van der Waals surface area (Å²) in [4.78, 5) is 28.9. The van der Waals surface area contributed by atoms with E-state index in [2.05, 4.69) is 77.0 Å². The molecule has 0 saturated carbocycles. The van der Waals surface area contributed by atoms with Crippen LogP contribution in [0.5, 0.6) is 0 Å². The molecule has 1 aliphatic rings. The third kappa shape index (κ3) is 3.87. The lowest BCUT2D eigenvalue weighted by molar-refractivity contribution is 0.0910. The molecular formula is C30H13Br2I2NO4. The smallest absolute Gasteiger partial charge is 0.305 e. The van der Waals surface area contributed by atoms with E-state index in [9.17, 15) is 9.59 Å². The molecule has 2 amide bonds. The van der Waals surface area contributed by atoms with Gasteiger partial charge in [0.05, 0.1) is 12.8 Å². The van der Waals surface area contributed by atoms with Crippen LogP contribution in [0.4, 0.5) is 5.69 Å². The predicted molar refractivity (Wildman–Crippen MR) is 177 cm³/mol. The van der Waals surface area contributed by atoms with Crippen molar-refractivity contribution in [1.29, 1.82) is 0 Å². The molecule has 7 rings (SSSR count). The molecule has 5 nitrogen and oxygen atoms in total. The van der Waals surface area contributed by atoms with Crippen molar-refractivity contribution >= 4 is 138 Å². The van der Waals surface area contributed by atoms with E-state index in [1.165, 1.54) is 0 Å². The Morgan fingerprint density at radius 1 is 0.615 bits per heavy atom. The van der Waals surface area contributed by atoms with Crippen LogP contribution in [-0.2, 0) is 0 Å². The SMILES string of the molecule is O=C1c2oc3c(I)cc4ccccc4c3c3c(oc2C(=O)N1c1c(Br)cccc1Br)c(I)cc1ccccc13. The molecule has 0 N–H and O–H groups in total. The lowest BCUT2D eigenvalue weighted by Gasteiger charge is -2.16. The maximum Gasteiger partial charge on any atom is 0.305 e. The summed E-state index contributed by atoms with van der Waals surface area (Å²) in [6.07, 6.45) is 0. The Labute approximate surface area is 265 Å². The zero-order chi connectivity index (χ0) is 27.0. The normalized spacial score (nSPS) is 13.2. The largest absolute Gasteiger partial charge is 0.446 e. The summed E-state index contributed by atoms with van der Waals surface area (Å²) in [6.45, 7) is 0. The third-order valence-corrected chi connectivity index (χ3v) is 9.62. The van der Waals surface area contributed by atoms with Gasteiger partial charge in [0, 0.05) is 19.7 Å². The molecule has 0 spiro atoms. The lowest BCUT2D eigenvalue weighted by Crippen LogP contribution is -2.30. The highest BCUT2D eigenvalue weighted by Gasteiger charge is 2.43. The van der Waals surface area contributed by atoms with Gasteiger partial charge in [0.15, 0.2) is 0 Å². The maximum absolute atomic E-state index is 13.9. The average Bonchev–Trinajstić information content (AvgIpc) is 3.12. The zero-order valence-corrected chi connectivity index (χ0v) is 27.1. The molecule has 5 aromatic carbocycles. The Bertz CT molecular complexity index is 1990. The maximum atomic E-state index is 13.9. The number of benzene rings is 5. The number of amides is 2. The number of para-hydroxylation sites is 1. The molecule has 0 bridgehead atoms. The first-order valence-corrected chi connectivity index (χ1v) is 15.4. The molecule has 2 heterocycles. The second-order valence-corrected chi connectivity index (χ2v) is 13.0. The van der Waals surface area contributed by atoms with E-state index in [0.29, 0.717) is 25.8 Å². The van der Waals surface area contributed by atoms with Crippen LogP contribution in [0.1, 0.15) is 21.1 Å². The number of hydrogen-bond acceptors (Lipinski definition) is 4. The van der Waals surface area contributed by atoms with Gasteiger partial charge in [-0.25, -0.2) is 4.90 Å². The van der Waals surface area contributed by atoms with Crippen LogP contribution in [0.15, 0.2) is 96.6 Å². The molecular weight excluding hydrogens is 852 g/mol. The fourth-order valence-electron chi connectivity index (χ4n) is 5.06. The minimum Gasteiger partial charge on any atom is -0.446 e. The molecule has 0 fully saturated rings. The highest BCUT2D eigenvalue weighted by atomic mass is 127. The summed E-state index contributed by atoms with van der Waals surface area (Å²) in [7, 11) is 0. The van der Waals surface area contributed by atoms with Crippen LogP contribution in [0.2, 0.25) is 0 Å². The quantitative estimate of drug-likeness (QED) is 0.122. The van der Waals surface area contributed by atoms with E-state index < -0.39 is 11.8 Å². The number of carbonyl (C=O) groups is 2. The van der Waals surface area contributed by atoms with Crippen molar-refractivity contribution in [3.63, 3.8) is 0 Å². The number of anilines is 1. The first-order valence-electron chi connectivity index (χ1n) is 11.7. The standard InChI is InChI=1S/C30H13Br2I2NO4/c31-18-10-5-11-19(32)24(18)35-29(36)27-28(30(35)37)39-26-21(34)13-15-7-2-4-9-17(15)23(26)22-16-8-3-1-6-14(16)12-20(33)25(22)38-27/h1-13H. The molecule has 9 heteroatoms. The molecule has 190 valence electrons. The number of halogens is 4. The predicted octanol–water partition coefficient (Wildman–Crippen LogP) is 10.1. The van der Waals surface area contributed by atoms with E-state index in [0.717, 1.165) is 44.4 Å². The number of rotatable bonds is 1. The van der Waals surface area contributed by atoms with Gasteiger partial charge in [-0.3, -0.25) is 9.59 Å². The van der Waals surface area contributed by atoms with Crippen LogP contribution in [0, 0.1) is 7.14 Å². The molecule has 0 unspecified atom stereocenters. The second kappa shape index (κ2) is 9.57. The Morgan fingerprint density at radius 3 is 1.51 bits per heavy atom. The van der Waals surface area contributed by atoms with E-state index in [-0.39, 0.29) is 11.5 Å². The van der Waals surface area contributed by atoms with Gasteiger partial charge in [-0.2, -0.15) is 0 Å². The summed E-state index contributed by atoms with van der Waals surface area (Å²) in [5.74, 6) is -1.49. The highest BCUT2D eigenvalue weighted by Crippen LogP contribution is 2.43. The van der Waals surface area contributed by atoms with Crippen molar-refractivity contribution < 1.29 is 18.4 Å². The van der Waals surface area contributed by atoms with Gasteiger partial charge in [0.1, 0.15) is 11.2 Å². The molecule has 39 heavy (non-hydrogen) atoms. The minimum absolute atomic E-state index is 0.147. The average molecular weight is 865 g/mol. The topological polar surface area (TPSA) is 63.7 Å². The first-order chi connectivity index (χ1) is 18.8. The van der Waals surface area contributed by atoms with Gasteiger partial charge in [-0.05, 0) is 123 Å². The monoisotopic (exact) mass is 863 g/mol. The summed E-state index contributed by atoms with van der Waals surface area (Å²) in [5, 5.41) is 5.59. The van der Waals surface area contributed by atoms with E-state index in [1.54, 1.807) is 12.1 Å². The summed E-state index contributed by atoms with van der Waals surface area (Å²) in [5.41, 5.74) is 1.40. The second-order valence-electron chi connectivity index (χ2n) is 8.95. The molecule has 6 aromatic rings. The van der Waals surface area contributed by atoms with Gasteiger partial charge in [0.25, 0.3) is 0 Å². The number of nitrogens with zero attached hydrogens (tertiary/aromatic N) is 1. The van der Waals surface area contributed by atoms with Gasteiger partial charge in [-0.15, -0.1) is 0 Å². The lowest BCUT2D eigenvalue weighted by atomic mass is 9.98. The van der Waals surface area contributed by atoms with Crippen molar-refractivity contribution in [1.82, 2.24) is 0 Å². The van der Waals surface area contributed by atoms with Crippen LogP contribution >= 0.6 is 77.0 Å². The van der Waals surface area contributed by atoms with Crippen molar-refractivity contribution in [3.05, 3.63) is 106 Å². The molecule has 0 saturated heterocycles. The van der Waals surface area contributed by atoms with Gasteiger partial charge >= 0.3 is 11.8 Å². The molecule has 0 atom stereocenters. The third-order valence-electron chi connectivity index (χ3n) is 6.73. The Balaban J connectivity index is 1.73. The Kier molecular flexibility index (Phi) is 6.25.